The number of hydrogen-bond acceptors (Lipinski definition) is 3. The average molecular weight is 237 g/mol. The molecule has 0 saturated heterocycles. The van der Waals surface area contributed by atoms with Gasteiger partial charge in [0.15, 0.2) is 5.69 Å². The molecule has 0 aliphatic heterocycles. The lowest BCUT2D eigenvalue weighted by molar-refractivity contribution is 0.0996. The Balaban J connectivity index is 2.59. The zero-order chi connectivity index (χ0) is 11.7. The van der Waals surface area contributed by atoms with E-state index in [9.17, 15) is 4.79 Å². The minimum atomic E-state index is -0.639. The topological polar surface area (TPSA) is 84.7 Å². The number of hydrogen-bond donors (Lipinski definition) is 2. The number of nitrogens with one attached hydrogen (secondary N) is 1. The molecule has 0 fully saturated rings. The Morgan fingerprint density at radius 3 is 2.81 bits per heavy atom. The molecule has 2 rings (SSSR count). The summed E-state index contributed by atoms with van der Waals surface area (Å²) in [7, 11) is 0. The van der Waals surface area contributed by atoms with E-state index in [0.717, 1.165) is 5.56 Å². The number of halogens is 1. The summed E-state index contributed by atoms with van der Waals surface area (Å²) in [5, 5.41) is 10.4. The van der Waals surface area contributed by atoms with Gasteiger partial charge in [-0.3, -0.25) is 4.79 Å². The number of aryl methyl sites for hydroxylation is 1. The molecule has 1 aromatic carbocycles. The number of rotatable bonds is 2. The lowest BCUT2D eigenvalue weighted by atomic mass is 10.1. The molecule has 0 aliphatic rings. The van der Waals surface area contributed by atoms with Crippen LogP contribution in [0.15, 0.2) is 18.2 Å². The minimum absolute atomic E-state index is 0.0887. The maximum Gasteiger partial charge on any atom is 0.271 e. The van der Waals surface area contributed by atoms with Gasteiger partial charge in [0.1, 0.15) is 5.69 Å². The fourth-order valence-corrected chi connectivity index (χ4v) is 1.73. The Morgan fingerprint density at radius 2 is 2.19 bits per heavy atom. The van der Waals surface area contributed by atoms with Gasteiger partial charge >= 0.3 is 0 Å². The van der Waals surface area contributed by atoms with Crippen LogP contribution in [0.2, 0.25) is 5.02 Å². The predicted octanol–water partition coefficient (Wildman–Crippen LogP) is 1.53. The molecular weight excluding hydrogens is 228 g/mol. The third-order valence-corrected chi connectivity index (χ3v) is 2.47. The summed E-state index contributed by atoms with van der Waals surface area (Å²) < 4.78 is 0. The number of H-pyrrole nitrogens is 1. The van der Waals surface area contributed by atoms with E-state index in [1.807, 2.05) is 13.0 Å². The Kier molecular flexibility index (Phi) is 2.62. The van der Waals surface area contributed by atoms with Crippen molar-refractivity contribution in [1.29, 1.82) is 0 Å². The Morgan fingerprint density at radius 1 is 1.44 bits per heavy atom. The summed E-state index contributed by atoms with van der Waals surface area (Å²) in [6, 6.07) is 5.44. The van der Waals surface area contributed by atoms with Crippen molar-refractivity contribution in [2.75, 3.05) is 0 Å². The number of benzene rings is 1. The molecule has 0 atom stereocenters. The third-order valence-electron chi connectivity index (χ3n) is 2.16. The molecule has 0 unspecified atom stereocenters. The van der Waals surface area contributed by atoms with Gasteiger partial charge in [0, 0.05) is 5.56 Å². The second kappa shape index (κ2) is 3.94. The number of amides is 1. The molecule has 1 aromatic heterocycles. The number of nitrogens with zero attached hydrogens (tertiary/aromatic N) is 2. The quantitative estimate of drug-likeness (QED) is 0.829. The van der Waals surface area contributed by atoms with E-state index in [1.165, 1.54) is 0 Å². The fraction of sp³-hybridized carbons (Fsp3) is 0.100. The van der Waals surface area contributed by atoms with Gasteiger partial charge < -0.3 is 5.73 Å². The van der Waals surface area contributed by atoms with Crippen molar-refractivity contribution in [3.05, 3.63) is 34.5 Å². The van der Waals surface area contributed by atoms with Crippen molar-refractivity contribution in [3.63, 3.8) is 0 Å². The minimum Gasteiger partial charge on any atom is -0.364 e. The van der Waals surface area contributed by atoms with Gasteiger partial charge in [-0.25, -0.2) is 0 Å². The van der Waals surface area contributed by atoms with Gasteiger partial charge in [-0.05, 0) is 18.6 Å². The van der Waals surface area contributed by atoms with Crippen molar-refractivity contribution in [2.45, 2.75) is 6.92 Å². The normalized spacial score (nSPS) is 10.4. The second-order valence-electron chi connectivity index (χ2n) is 3.37. The monoisotopic (exact) mass is 236 g/mol. The number of aromatic amines is 1. The van der Waals surface area contributed by atoms with E-state index < -0.39 is 5.91 Å². The lowest BCUT2D eigenvalue weighted by Gasteiger charge is -2.02. The van der Waals surface area contributed by atoms with Crippen LogP contribution in [0.4, 0.5) is 0 Å². The van der Waals surface area contributed by atoms with E-state index in [-0.39, 0.29) is 5.69 Å². The van der Waals surface area contributed by atoms with Crippen LogP contribution in [0.1, 0.15) is 16.1 Å². The van der Waals surface area contributed by atoms with Crippen LogP contribution in [-0.4, -0.2) is 21.3 Å². The van der Waals surface area contributed by atoms with Crippen LogP contribution < -0.4 is 5.73 Å². The maximum atomic E-state index is 11.1. The first-order valence-electron chi connectivity index (χ1n) is 4.56. The average Bonchev–Trinajstić information content (AvgIpc) is 2.66. The first-order valence-corrected chi connectivity index (χ1v) is 4.94. The van der Waals surface area contributed by atoms with E-state index in [0.29, 0.717) is 16.3 Å². The largest absolute Gasteiger partial charge is 0.364 e. The molecule has 16 heavy (non-hydrogen) atoms. The van der Waals surface area contributed by atoms with Crippen LogP contribution in [0.5, 0.6) is 0 Å². The molecule has 6 heteroatoms. The van der Waals surface area contributed by atoms with Gasteiger partial charge in [0.05, 0.1) is 5.02 Å². The van der Waals surface area contributed by atoms with Crippen molar-refractivity contribution in [2.24, 2.45) is 5.73 Å². The van der Waals surface area contributed by atoms with Gasteiger partial charge in [0.25, 0.3) is 5.91 Å². The van der Waals surface area contributed by atoms with Crippen molar-refractivity contribution in [1.82, 2.24) is 15.4 Å². The third kappa shape index (κ3) is 1.77. The SMILES string of the molecule is Cc1ccc(-c2n[nH]nc2C(N)=O)c(Cl)c1. The maximum absolute atomic E-state index is 11.1. The molecular formula is C10H9ClN4O. The standard InChI is InChI=1S/C10H9ClN4O/c1-5-2-3-6(7(11)4-5)8-9(10(12)16)14-15-13-8/h2-4H,1H3,(H2,12,16)(H,13,14,15). The number of carbonyl (C=O) groups is 1. The van der Waals surface area contributed by atoms with Crippen LogP contribution in [-0.2, 0) is 0 Å². The number of aromatic nitrogens is 3. The van der Waals surface area contributed by atoms with E-state index in [2.05, 4.69) is 15.4 Å². The van der Waals surface area contributed by atoms with Crippen molar-refractivity contribution >= 4 is 17.5 Å². The highest BCUT2D eigenvalue weighted by molar-refractivity contribution is 6.33. The summed E-state index contributed by atoms with van der Waals surface area (Å²) in [6.07, 6.45) is 0. The summed E-state index contributed by atoms with van der Waals surface area (Å²) >= 11 is 6.06. The molecule has 3 N–H and O–H groups in total. The van der Waals surface area contributed by atoms with Crippen LogP contribution in [0.25, 0.3) is 11.3 Å². The van der Waals surface area contributed by atoms with Gasteiger partial charge in [-0.1, -0.05) is 23.7 Å². The first-order chi connectivity index (χ1) is 7.59. The molecule has 0 aliphatic carbocycles. The molecule has 0 bridgehead atoms. The molecule has 1 heterocycles. The molecule has 0 spiro atoms. The van der Waals surface area contributed by atoms with E-state index in [4.69, 9.17) is 17.3 Å². The van der Waals surface area contributed by atoms with Crippen LogP contribution >= 0.6 is 11.6 Å². The Labute approximate surface area is 96.6 Å². The highest BCUT2D eigenvalue weighted by Gasteiger charge is 2.17. The zero-order valence-corrected chi connectivity index (χ0v) is 9.25. The highest BCUT2D eigenvalue weighted by atomic mass is 35.5. The van der Waals surface area contributed by atoms with Gasteiger partial charge in [0.2, 0.25) is 0 Å². The molecule has 1 amide bonds. The van der Waals surface area contributed by atoms with E-state index in [1.54, 1.807) is 12.1 Å². The van der Waals surface area contributed by atoms with Crippen LogP contribution in [0, 0.1) is 6.92 Å². The van der Waals surface area contributed by atoms with Crippen LogP contribution in [0.3, 0.4) is 0 Å². The second-order valence-corrected chi connectivity index (χ2v) is 3.78. The Hall–Kier alpha value is -1.88. The van der Waals surface area contributed by atoms with E-state index >= 15 is 0 Å². The molecule has 5 nitrogen and oxygen atoms in total. The lowest BCUT2D eigenvalue weighted by Crippen LogP contribution is -2.12. The summed E-state index contributed by atoms with van der Waals surface area (Å²) in [4.78, 5) is 11.1. The molecule has 0 saturated carbocycles. The fourth-order valence-electron chi connectivity index (χ4n) is 1.40. The number of primary amides is 1. The van der Waals surface area contributed by atoms with Crippen molar-refractivity contribution in [3.8, 4) is 11.3 Å². The van der Waals surface area contributed by atoms with Gasteiger partial charge in [-0.15, -0.1) is 0 Å². The summed E-state index contributed by atoms with van der Waals surface area (Å²) in [6.45, 7) is 1.92. The molecule has 2 aromatic rings. The Bertz CT molecular complexity index is 550. The zero-order valence-electron chi connectivity index (χ0n) is 8.49. The smallest absolute Gasteiger partial charge is 0.271 e. The predicted molar refractivity (Wildman–Crippen MR) is 60.1 cm³/mol. The van der Waals surface area contributed by atoms with Crippen molar-refractivity contribution < 1.29 is 4.79 Å². The number of nitrogens with two attached hydrogens (primary N) is 1. The highest BCUT2D eigenvalue weighted by Crippen LogP contribution is 2.28. The number of carbonyl (C=O) groups excluding carboxylic acids is 1. The summed E-state index contributed by atoms with van der Waals surface area (Å²) in [5.41, 5.74) is 7.29. The first kappa shape index (κ1) is 10.6. The summed E-state index contributed by atoms with van der Waals surface area (Å²) in [5.74, 6) is -0.639. The van der Waals surface area contributed by atoms with Gasteiger partial charge in [-0.2, -0.15) is 15.4 Å². The molecule has 82 valence electrons. The molecule has 0 radical (unpaired) electrons.